The van der Waals surface area contributed by atoms with E-state index in [1.54, 1.807) is 29.4 Å². The van der Waals surface area contributed by atoms with Crippen molar-refractivity contribution in [2.45, 2.75) is 77.4 Å². The predicted molar refractivity (Wildman–Crippen MR) is 164 cm³/mol. The minimum Gasteiger partial charge on any atom is -0.338 e. The quantitative estimate of drug-likeness (QED) is 0.297. The Morgan fingerprint density at radius 2 is 1.80 bits per heavy atom. The highest BCUT2D eigenvalue weighted by Crippen LogP contribution is 2.50. The third-order valence-electron chi connectivity index (χ3n) is 9.53. The van der Waals surface area contributed by atoms with Crippen molar-refractivity contribution in [2.24, 2.45) is 17.8 Å². The van der Waals surface area contributed by atoms with Crippen molar-refractivity contribution in [3.63, 3.8) is 0 Å². The maximum Gasteiger partial charge on any atom is 0.439 e. The predicted octanol–water partition coefficient (Wildman–Crippen LogP) is 5.40. The number of alkyl halides is 2. The maximum absolute atomic E-state index is 13.8. The minimum absolute atomic E-state index is 0.168. The van der Waals surface area contributed by atoms with Gasteiger partial charge in [0.15, 0.2) is 0 Å². The molecule has 7 rings (SSSR count). The number of carbonyl (C=O) groups is 1. The van der Waals surface area contributed by atoms with Crippen LogP contribution in [0.25, 0.3) is 33.8 Å². The zero-order valence-corrected chi connectivity index (χ0v) is 26.1. The van der Waals surface area contributed by atoms with Crippen LogP contribution in [-0.2, 0) is 11.3 Å². The zero-order chi connectivity index (χ0) is 31.6. The first kappa shape index (κ1) is 29.8. The first-order chi connectivity index (χ1) is 21.5. The molecular formula is C31H35ClF2N8O3. The molecule has 14 heteroatoms. The van der Waals surface area contributed by atoms with Gasteiger partial charge in [-0.3, -0.25) is 19.3 Å². The molecule has 11 nitrogen and oxygen atoms in total. The zero-order valence-electron chi connectivity index (χ0n) is 25.3. The summed E-state index contributed by atoms with van der Waals surface area (Å²) in [6, 6.07) is 3.18. The van der Waals surface area contributed by atoms with Crippen LogP contribution in [0, 0.1) is 17.8 Å². The molecule has 1 amide bonds. The van der Waals surface area contributed by atoms with Gasteiger partial charge in [0.1, 0.15) is 11.6 Å². The molecule has 2 saturated carbocycles. The molecule has 238 valence electrons. The van der Waals surface area contributed by atoms with Gasteiger partial charge in [-0.05, 0) is 50.7 Å². The van der Waals surface area contributed by atoms with Crippen LogP contribution in [0.1, 0.15) is 52.9 Å². The molecule has 0 bridgehead atoms. The van der Waals surface area contributed by atoms with Gasteiger partial charge in [0.25, 0.3) is 5.92 Å². The van der Waals surface area contributed by atoms with Crippen molar-refractivity contribution in [1.29, 1.82) is 0 Å². The molecule has 0 aromatic carbocycles. The van der Waals surface area contributed by atoms with E-state index in [1.807, 2.05) is 13.8 Å². The number of rotatable bonds is 6. The lowest BCUT2D eigenvalue weighted by molar-refractivity contribution is -0.136. The van der Waals surface area contributed by atoms with Crippen LogP contribution in [0.15, 0.2) is 33.8 Å². The Bertz CT molecular complexity index is 1800. The van der Waals surface area contributed by atoms with Crippen LogP contribution < -0.4 is 10.7 Å². The number of carbonyl (C=O) groups excluding carboxylic acids is 1. The Kier molecular flexibility index (Phi) is 7.41. The van der Waals surface area contributed by atoms with E-state index in [9.17, 15) is 18.4 Å². The minimum atomic E-state index is -2.91. The van der Waals surface area contributed by atoms with Gasteiger partial charge in [-0.2, -0.15) is 0 Å². The summed E-state index contributed by atoms with van der Waals surface area (Å²) in [5.41, 5.74) is 3.04. The highest BCUT2D eigenvalue weighted by Gasteiger charge is 2.62. The van der Waals surface area contributed by atoms with Crippen LogP contribution in [0.2, 0.25) is 5.02 Å². The number of nitrogens with zero attached hydrogens (tertiary/aromatic N) is 7. The number of pyridine rings is 2. The number of nitrogens with one attached hydrogen (secondary N) is 1. The molecule has 1 N–H and O–H groups in total. The number of aromatic amines is 1. The lowest BCUT2D eigenvalue weighted by atomic mass is 9.83. The molecule has 3 fully saturated rings. The van der Waals surface area contributed by atoms with E-state index < -0.39 is 23.5 Å². The molecule has 3 aliphatic rings. The van der Waals surface area contributed by atoms with Crippen LogP contribution >= 0.6 is 11.6 Å². The van der Waals surface area contributed by atoms with Gasteiger partial charge < -0.3 is 14.4 Å². The highest BCUT2D eigenvalue weighted by molar-refractivity contribution is 6.30. The topological polar surface area (TPSA) is 126 Å². The molecule has 3 atom stereocenters. The first-order valence-corrected chi connectivity index (χ1v) is 15.9. The largest absolute Gasteiger partial charge is 0.439 e. The van der Waals surface area contributed by atoms with E-state index in [2.05, 4.69) is 31.5 Å². The summed E-state index contributed by atoms with van der Waals surface area (Å²) in [6.07, 6.45) is 7.34. The fourth-order valence-electron chi connectivity index (χ4n) is 7.09. The molecule has 0 spiro atoms. The Labute approximate surface area is 263 Å². The van der Waals surface area contributed by atoms with Gasteiger partial charge >= 0.3 is 5.76 Å². The van der Waals surface area contributed by atoms with E-state index in [4.69, 9.17) is 26.1 Å². The first-order valence-electron chi connectivity index (χ1n) is 15.5. The third kappa shape index (κ3) is 5.59. The molecular weight excluding hydrogens is 606 g/mol. The second kappa shape index (κ2) is 11.2. The fraction of sp³-hybridized carbons (Fsp3) is 0.548. The van der Waals surface area contributed by atoms with Gasteiger partial charge in [-0.15, -0.1) is 0 Å². The second-order valence-electron chi connectivity index (χ2n) is 13.1. The number of halogens is 3. The van der Waals surface area contributed by atoms with Crippen molar-refractivity contribution >= 4 is 34.5 Å². The van der Waals surface area contributed by atoms with Gasteiger partial charge in [0.05, 0.1) is 21.7 Å². The van der Waals surface area contributed by atoms with Crippen molar-refractivity contribution in [2.75, 3.05) is 18.0 Å². The second-order valence-corrected chi connectivity index (χ2v) is 13.5. The summed E-state index contributed by atoms with van der Waals surface area (Å²) in [5, 5.41) is 4.30. The van der Waals surface area contributed by atoms with E-state index >= 15 is 0 Å². The Hall–Kier alpha value is -3.87. The average Bonchev–Trinajstić information content (AvgIpc) is 3.26. The van der Waals surface area contributed by atoms with Crippen LogP contribution in [-0.4, -0.2) is 71.6 Å². The van der Waals surface area contributed by atoms with Gasteiger partial charge in [-0.1, -0.05) is 36.5 Å². The van der Waals surface area contributed by atoms with Crippen molar-refractivity contribution in [1.82, 2.24) is 34.6 Å². The number of aromatic nitrogens is 6. The van der Waals surface area contributed by atoms with E-state index in [0.717, 1.165) is 37.1 Å². The third-order valence-corrected chi connectivity index (χ3v) is 9.73. The summed E-state index contributed by atoms with van der Waals surface area (Å²) in [7, 11) is 0. The standard InChI is InChI=1S/C31H35ClF2N8O3/c1-16-4-6-19(7-5-16)15-41-26-23(9-24(27-38-30(44)45-39-27)36-25(26)20-8-21(32)12-35-11-20)37-29(41)42-17(2)13-40(14-18(42)3)28(43)22-10-31(22,33)34/h8-9,11-12,16-19,22H,4-7,10,13-15H2,1-3H3,(H,38,39,44)/t16?,17-,18-,19?,22?/m0/s1. The summed E-state index contributed by atoms with van der Waals surface area (Å²) in [5.74, 6) is -3.31. The normalized spacial score (nSPS) is 26.4. The Morgan fingerprint density at radius 1 is 1.09 bits per heavy atom. The monoisotopic (exact) mass is 640 g/mol. The molecule has 1 saturated heterocycles. The number of anilines is 1. The number of hydrogen-bond acceptors (Lipinski definition) is 8. The lowest BCUT2D eigenvalue weighted by Crippen LogP contribution is -2.59. The average molecular weight is 641 g/mol. The number of imidazole rings is 1. The SMILES string of the molecule is CC1CCC(Cn2c(N3[C@@H](C)CN(C(=O)C4CC4(F)F)C[C@@H]3C)nc3cc(-c4noc(=O)[nH]4)nc(-c4cncc(Cl)c4)c32)CC1. The molecule has 1 aliphatic heterocycles. The van der Waals surface area contributed by atoms with Crippen LogP contribution in [0.4, 0.5) is 14.7 Å². The van der Waals surface area contributed by atoms with E-state index in [1.165, 1.54) is 0 Å². The van der Waals surface area contributed by atoms with Crippen molar-refractivity contribution in [3.05, 3.63) is 40.1 Å². The van der Waals surface area contributed by atoms with Crippen molar-refractivity contribution < 1.29 is 18.1 Å². The van der Waals surface area contributed by atoms with Gasteiger partial charge in [-0.25, -0.2) is 23.5 Å². The van der Waals surface area contributed by atoms with Gasteiger partial charge in [0, 0.05) is 56.1 Å². The molecule has 0 radical (unpaired) electrons. The Morgan fingerprint density at radius 3 is 2.42 bits per heavy atom. The number of amides is 1. The number of fused-ring (bicyclic) bond motifs is 1. The molecule has 45 heavy (non-hydrogen) atoms. The van der Waals surface area contributed by atoms with E-state index in [0.29, 0.717) is 59.0 Å². The number of hydrogen-bond donors (Lipinski definition) is 1. The van der Waals surface area contributed by atoms with Crippen LogP contribution in [0.3, 0.4) is 0 Å². The molecule has 4 aromatic rings. The smallest absolute Gasteiger partial charge is 0.338 e. The van der Waals surface area contributed by atoms with E-state index in [-0.39, 0.29) is 24.3 Å². The highest BCUT2D eigenvalue weighted by atomic mass is 35.5. The molecule has 1 unspecified atom stereocenters. The maximum atomic E-state index is 13.8. The summed E-state index contributed by atoms with van der Waals surface area (Å²) in [4.78, 5) is 45.6. The number of H-pyrrole nitrogens is 1. The van der Waals surface area contributed by atoms with Crippen molar-refractivity contribution in [3.8, 4) is 22.8 Å². The molecule has 4 aromatic heterocycles. The molecule has 5 heterocycles. The summed E-state index contributed by atoms with van der Waals surface area (Å²) < 4.78 is 34.6. The van der Waals surface area contributed by atoms with Gasteiger partial charge in [0.2, 0.25) is 17.7 Å². The summed E-state index contributed by atoms with van der Waals surface area (Å²) in [6.45, 7) is 7.62. The Balaban J connectivity index is 1.36. The number of piperazine rings is 1. The molecule has 2 aliphatic carbocycles. The lowest BCUT2D eigenvalue weighted by Gasteiger charge is -2.45. The summed E-state index contributed by atoms with van der Waals surface area (Å²) >= 11 is 6.39. The fourth-order valence-corrected chi connectivity index (χ4v) is 7.26. The van der Waals surface area contributed by atoms with Crippen LogP contribution in [0.5, 0.6) is 0 Å².